The summed E-state index contributed by atoms with van der Waals surface area (Å²) in [7, 11) is -3.19. The summed E-state index contributed by atoms with van der Waals surface area (Å²) in [5.41, 5.74) is 0.638. The van der Waals surface area contributed by atoms with Crippen LogP contribution in [0.15, 0.2) is 24.3 Å². The smallest absolute Gasteiger partial charge is 0.156 e. The van der Waals surface area contributed by atoms with Crippen LogP contribution in [0.2, 0.25) is 0 Å². The SMILES string of the molecule is O=S1(=O)CCCCC1C(O)c1cccc(OC2CC2)c1. The van der Waals surface area contributed by atoms with Crippen molar-refractivity contribution in [2.24, 2.45) is 0 Å². The molecule has 0 amide bonds. The molecule has 0 radical (unpaired) electrons. The van der Waals surface area contributed by atoms with E-state index in [9.17, 15) is 13.5 Å². The van der Waals surface area contributed by atoms with E-state index in [0.29, 0.717) is 24.5 Å². The van der Waals surface area contributed by atoms with Crippen molar-refractivity contribution in [1.82, 2.24) is 0 Å². The highest BCUT2D eigenvalue weighted by Crippen LogP contribution is 2.33. The van der Waals surface area contributed by atoms with Gasteiger partial charge in [0.05, 0.1) is 23.2 Å². The first-order valence-corrected chi connectivity index (χ1v) is 8.94. The highest BCUT2D eigenvalue weighted by molar-refractivity contribution is 7.92. The van der Waals surface area contributed by atoms with Gasteiger partial charge in [0.25, 0.3) is 0 Å². The van der Waals surface area contributed by atoms with Gasteiger partial charge < -0.3 is 9.84 Å². The van der Waals surface area contributed by atoms with Gasteiger partial charge in [-0.25, -0.2) is 8.42 Å². The molecule has 2 unspecified atom stereocenters. The Morgan fingerprint density at radius 2 is 2.00 bits per heavy atom. The normalized spacial score (nSPS) is 26.9. The number of sulfone groups is 1. The molecule has 1 aromatic rings. The molecule has 110 valence electrons. The summed E-state index contributed by atoms with van der Waals surface area (Å²) in [6.45, 7) is 0. The van der Waals surface area contributed by atoms with Crippen LogP contribution in [0.1, 0.15) is 43.8 Å². The monoisotopic (exact) mass is 296 g/mol. The summed E-state index contributed by atoms with van der Waals surface area (Å²) in [5.74, 6) is 0.907. The van der Waals surface area contributed by atoms with Gasteiger partial charge in [0.1, 0.15) is 5.75 Å². The lowest BCUT2D eigenvalue weighted by molar-refractivity contribution is 0.163. The highest BCUT2D eigenvalue weighted by atomic mass is 32.2. The van der Waals surface area contributed by atoms with Gasteiger partial charge in [-0.2, -0.15) is 0 Å². The van der Waals surface area contributed by atoms with E-state index >= 15 is 0 Å². The van der Waals surface area contributed by atoms with Crippen LogP contribution in [0, 0.1) is 0 Å². The molecule has 1 aliphatic heterocycles. The van der Waals surface area contributed by atoms with Crippen molar-refractivity contribution in [3.63, 3.8) is 0 Å². The molecular weight excluding hydrogens is 276 g/mol. The van der Waals surface area contributed by atoms with Crippen molar-refractivity contribution >= 4 is 9.84 Å². The van der Waals surface area contributed by atoms with Crippen molar-refractivity contribution in [3.05, 3.63) is 29.8 Å². The van der Waals surface area contributed by atoms with Crippen molar-refractivity contribution in [3.8, 4) is 5.75 Å². The van der Waals surface area contributed by atoms with Crippen LogP contribution in [0.5, 0.6) is 5.75 Å². The second-order valence-electron chi connectivity index (χ2n) is 5.74. The zero-order valence-electron chi connectivity index (χ0n) is 11.4. The van der Waals surface area contributed by atoms with Gasteiger partial charge in [0.15, 0.2) is 9.84 Å². The maximum Gasteiger partial charge on any atom is 0.156 e. The second-order valence-corrected chi connectivity index (χ2v) is 8.08. The predicted molar refractivity (Wildman–Crippen MR) is 76.5 cm³/mol. The second kappa shape index (κ2) is 5.37. The molecule has 3 rings (SSSR count). The fraction of sp³-hybridized carbons (Fsp3) is 0.600. The molecule has 2 atom stereocenters. The maximum atomic E-state index is 12.1. The van der Waals surface area contributed by atoms with E-state index in [2.05, 4.69) is 0 Å². The van der Waals surface area contributed by atoms with E-state index in [1.165, 1.54) is 0 Å². The molecular formula is C15H20O4S. The van der Waals surface area contributed by atoms with E-state index in [0.717, 1.165) is 25.0 Å². The molecule has 2 aliphatic rings. The molecule has 1 aromatic carbocycles. The van der Waals surface area contributed by atoms with Gasteiger partial charge in [0.2, 0.25) is 0 Å². The molecule has 0 aromatic heterocycles. The maximum absolute atomic E-state index is 12.1. The van der Waals surface area contributed by atoms with E-state index in [-0.39, 0.29) is 5.75 Å². The molecule has 0 bridgehead atoms. The summed E-state index contributed by atoms with van der Waals surface area (Å²) in [6.07, 6.45) is 3.59. The third-order valence-corrected chi connectivity index (χ3v) is 6.28. The Kier molecular flexibility index (Phi) is 3.73. The fourth-order valence-electron chi connectivity index (χ4n) is 2.70. The van der Waals surface area contributed by atoms with Gasteiger partial charge in [-0.05, 0) is 43.4 Å². The van der Waals surface area contributed by atoms with Gasteiger partial charge in [0, 0.05) is 0 Å². The van der Waals surface area contributed by atoms with Crippen molar-refractivity contribution in [2.45, 2.75) is 49.6 Å². The molecule has 2 fully saturated rings. The van der Waals surface area contributed by atoms with Crippen molar-refractivity contribution in [1.29, 1.82) is 0 Å². The number of aliphatic hydroxyl groups is 1. The summed E-state index contributed by atoms with van der Waals surface area (Å²) in [4.78, 5) is 0. The zero-order chi connectivity index (χ0) is 14.2. The minimum Gasteiger partial charge on any atom is -0.490 e. The van der Waals surface area contributed by atoms with Crippen molar-refractivity contribution in [2.75, 3.05) is 5.75 Å². The Morgan fingerprint density at radius 3 is 2.70 bits per heavy atom. The van der Waals surface area contributed by atoms with Gasteiger partial charge >= 0.3 is 0 Å². The summed E-state index contributed by atoms with van der Waals surface area (Å²) < 4.78 is 29.9. The standard InChI is InChI=1S/C15H20O4S/c16-15(14-6-1-2-9-20(14,17)18)11-4-3-5-13(10-11)19-12-7-8-12/h3-5,10,12,14-16H,1-2,6-9H2. The number of benzene rings is 1. The Morgan fingerprint density at radius 1 is 1.20 bits per heavy atom. The zero-order valence-corrected chi connectivity index (χ0v) is 12.2. The minimum atomic E-state index is -3.19. The summed E-state index contributed by atoms with van der Waals surface area (Å²) >= 11 is 0. The quantitative estimate of drug-likeness (QED) is 0.925. The average molecular weight is 296 g/mol. The molecule has 1 aliphatic carbocycles. The Bertz CT molecular complexity index is 577. The van der Waals surface area contributed by atoms with Gasteiger partial charge in [-0.15, -0.1) is 0 Å². The van der Waals surface area contributed by atoms with E-state index < -0.39 is 21.2 Å². The van der Waals surface area contributed by atoms with E-state index in [1.54, 1.807) is 12.1 Å². The lowest BCUT2D eigenvalue weighted by Crippen LogP contribution is -2.33. The van der Waals surface area contributed by atoms with E-state index in [1.807, 2.05) is 12.1 Å². The Labute approximate surface area is 119 Å². The van der Waals surface area contributed by atoms with E-state index in [4.69, 9.17) is 4.74 Å². The Hall–Kier alpha value is -1.07. The first kappa shape index (κ1) is 13.9. The molecule has 1 N–H and O–H groups in total. The van der Waals surface area contributed by atoms with Crippen LogP contribution in [-0.2, 0) is 9.84 Å². The number of ether oxygens (including phenoxy) is 1. The topological polar surface area (TPSA) is 63.6 Å². The molecule has 5 heteroatoms. The molecule has 4 nitrogen and oxygen atoms in total. The van der Waals surface area contributed by atoms with Crippen LogP contribution < -0.4 is 4.74 Å². The van der Waals surface area contributed by atoms with Gasteiger partial charge in [-0.1, -0.05) is 18.6 Å². The third-order valence-electron chi connectivity index (χ3n) is 4.01. The van der Waals surface area contributed by atoms with Crippen LogP contribution >= 0.6 is 0 Å². The lowest BCUT2D eigenvalue weighted by Gasteiger charge is -2.27. The van der Waals surface area contributed by atoms with Crippen LogP contribution in [0.4, 0.5) is 0 Å². The largest absolute Gasteiger partial charge is 0.490 e. The summed E-state index contributed by atoms with van der Waals surface area (Å²) in [6, 6.07) is 7.21. The number of hydrogen-bond acceptors (Lipinski definition) is 4. The molecule has 1 saturated carbocycles. The Balaban J connectivity index is 1.80. The molecule has 20 heavy (non-hydrogen) atoms. The first-order chi connectivity index (χ1) is 9.56. The molecule has 0 spiro atoms. The van der Waals surface area contributed by atoms with Crippen LogP contribution in [-0.4, -0.2) is 30.6 Å². The number of rotatable bonds is 4. The molecule has 1 saturated heterocycles. The minimum absolute atomic E-state index is 0.187. The van der Waals surface area contributed by atoms with Crippen LogP contribution in [0.25, 0.3) is 0 Å². The average Bonchev–Trinajstić information content (AvgIpc) is 3.22. The summed E-state index contributed by atoms with van der Waals surface area (Å²) in [5, 5.41) is 9.75. The highest BCUT2D eigenvalue weighted by Gasteiger charge is 2.35. The number of aliphatic hydroxyl groups excluding tert-OH is 1. The van der Waals surface area contributed by atoms with Gasteiger partial charge in [-0.3, -0.25) is 0 Å². The predicted octanol–water partition coefficient (Wildman–Crippen LogP) is 2.23. The third kappa shape index (κ3) is 2.99. The van der Waals surface area contributed by atoms with Crippen molar-refractivity contribution < 1.29 is 18.3 Å². The van der Waals surface area contributed by atoms with Crippen LogP contribution in [0.3, 0.4) is 0 Å². The first-order valence-electron chi connectivity index (χ1n) is 7.22. The fourth-order valence-corrected chi connectivity index (χ4v) is 4.68. The lowest BCUT2D eigenvalue weighted by atomic mass is 10.0. The number of hydrogen-bond donors (Lipinski definition) is 1. The molecule has 1 heterocycles.